The highest BCUT2D eigenvalue weighted by atomic mass is 16.5. The molecule has 1 aliphatic heterocycles. The first-order valence-electron chi connectivity index (χ1n) is 7.58. The van der Waals surface area contributed by atoms with Gasteiger partial charge in [0, 0.05) is 0 Å². The topological polar surface area (TPSA) is 63.7 Å². The van der Waals surface area contributed by atoms with Crippen LogP contribution in [-0.4, -0.2) is 35.8 Å². The Bertz CT molecular complexity index is 494. The summed E-state index contributed by atoms with van der Waals surface area (Å²) in [7, 11) is 1.30. The predicted molar refractivity (Wildman–Crippen MR) is 74.8 cm³/mol. The minimum Gasteiger partial charge on any atom is -0.467 e. The van der Waals surface area contributed by atoms with Crippen LogP contribution in [0.2, 0.25) is 0 Å². The highest BCUT2D eigenvalue weighted by Gasteiger charge is 2.61. The van der Waals surface area contributed by atoms with E-state index in [9.17, 15) is 14.4 Å². The number of hydrogen-bond donors (Lipinski definition) is 0. The van der Waals surface area contributed by atoms with Crippen molar-refractivity contribution in [2.24, 2.45) is 29.6 Å². The number of nitrogens with zero attached hydrogens (tertiary/aromatic N) is 1. The Morgan fingerprint density at radius 1 is 1.24 bits per heavy atom. The molecular weight excluding hydrogens is 270 g/mol. The number of carbonyl (C=O) groups is 3. The van der Waals surface area contributed by atoms with Crippen LogP contribution >= 0.6 is 0 Å². The standard InChI is InChI=1S/C16H21NO4/c1-8(2)6-11(16(20)21-3)17-14(18)12-9-4-5-10(7-9)13(12)15(17)19/h4-5,8-13H,6-7H2,1-3H3/t9-,10-,11+,12-,13+/m0/s1. The number of fused-ring (bicyclic) bond motifs is 5. The molecule has 2 fully saturated rings. The van der Waals surface area contributed by atoms with Crippen LogP contribution in [0, 0.1) is 29.6 Å². The van der Waals surface area contributed by atoms with E-state index in [2.05, 4.69) is 12.2 Å². The van der Waals surface area contributed by atoms with Crippen molar-refractivity contribution >= 4 is 17.8 Å². The van der Waals surface area contributed by atoms with Crippen LogP contribution in [0.5, 0.6) is 0 Å². The molecule has 1 saturated heterocycles. The Kier molecular flexibility index (Phi) is 3.38. The monoisotopic (exact) mass is 291 g/mol. The number of allylic oxidation sites excluding steroid dienone is 2. The quantitative estimate of drug-likeness (QED) is 0.446. The van der Waals surface area contributed by atoms with Crippen LogP contribution in [0.1, 0.15) is 26.7 Å². The van der Waals surface area contributed by atoms with Crippen LogP contribution in [0.15, 0.2) is 12.2 Å². The Hall–Kier alpha value is -1.65. The van der Waals surface area contributed by atoms with Gasteiger partial charge in [0.1, 0.15) is 6.04 Å². The van der Waals surface area contributed by atoms with Crippen molar-refractivity contribution < 1.29 is 19.1 Å². The molecule has 21 heavy (non-hydrogen) atoms. The zero-order valence-electron chi connectivity index (χ0n) is 12.6. The van der Waals surface area contributed by atoms with Gasteiger partial charge in [0.2, 0.25) is 11.8 Å². The van der Waals surface area contributed by atoms with Crippen LogP contribution in [0.3, 0.4) is 0 Å². The molecule has 2 bridgehead atoms. The van der Waals surface area contributed by atoms with E-state index in [1.54, 1.807) is 0 Å². The molecule has 1 heterocycles. The van der Waals surface area contributed by atoms with E-state index in [-0.39, 0.29) is 41.4 Å². The Morgan fingerprint density at radius 2 is 1.76 bits per heavy atom. The van der Waals surface area contributed by atoms with Crippen molar-refractivity contribution in [1.82, 2.24) is 4.90 Å². The van der Waals surface area contributed by atoms with Crippen LogP contribution in [-0.2, 0) is 19.1 Å². The van der Waals surface area contributed by atoms with Gasteiger partial charge in [-0.25, -0.2) is 4.79 Å². The zero-order valence-corrected chi connectivity index (χ0v) is 12.6. The second-order valence-electron chi connectivity index (χ2n) is 6.71. The maximum absolute atomic E-state index is 12.7. The van der Waals surface area contributed by atoms with Gasteiger partial charge in [-0.05, 0) is 30.6 Å². The third-order valence-corrected chi connectivity index (χ3v) is 4.98. The number of imide groups is 1. The fourth-order valence-corrected chi connectivity index (χ4v) is 4.12. The molecule has 114 valence electrons. The summed E-state index contributed by atoms with van der Waals surface area (Å²) in [6.45, 7) is 3.93. The van der Waals surface area contributed by atoms with E-state index >= 15 is 0 Å². The molecule has 2 aliphatic carbocycles. The molecule has 0 unspecified atom stereocenters. The van der Waals surface area contributed by atoms with Gasteiger partial charge in [0.25, 0.3) is 0 Å². The summed E-state index contributed by atoms with van der Waals surface area (Å²) in [6.07, 6.45) is 5.45. The molecule has 0 spiro atoms. The number of rotatable bonds is 4. The molecule has 1 saturated carbocycles. The molecule has 3 aliphatic rings. The summed E-state index contributed by atoms with van der Waals surface area (Å²) >= 11 is 0. The number of esters is 1. The third-order valence-electron chi connectivity index (χ3n) is 4.98. The van der Waals surface area contributed by atoms with Crippen LogP contribution < -0.4 is 0 Å². The number of amides is 2. The normalized spacial score (nSPS) is 34.8. The lowest BCUT2D eigenvalue weighted by Crippen LogP contribution is -2.47. The molecule has 5 heteroatoms. The summed E-state index contributed by atoms with van der Waals surface area (Å²) in [6, 6.07) is -0.778. The SMILES string of the molecule is COC(=O)[C@@H](CC(C)C)N1C(=O)[C@@H]2[C@H](C1=O)[C@H]1C=C[C@H]2C1. The fourth-order valence-electron chi connectivity index (χ4n) is 4.12. The fraction of sp³-hybridized carbons (Fsp3) is 0.688. The van der Waals surface area contributed by atoms with Gasteiger partial charge < -0.3 is 4.74 Å². The highest BCUT2D eigenvalue weighted by molar-refractivity contribution is 6.08. The lowest BCUT2D eigenvalue weighted by Gasteiger charge is -2.26. The summed E-state index contributed by atoms with van der Waals surface area (Å²) in [5.41, 5.74) is 0. The van der Waals surface area contributed by atoms with Gasteiger partial charge in [-0.15, -0.1) is 0 Å². The summed E-state index contributed by atoms with van der Waals surface area (Å²) in [5.74, 6) is -0.845. The van der Waals surface area contributed by atoms with E-state index in [0.29, 0.717) is 6.42 Å². The molecule has 0 aromatic carbocycles. The lowest BCUT2D eigenvalue weighted by atomic mass is 9.85. The average Bonchev–Trinajstić information content (AvgIpc) is 3.10. The van der Waals surface area contributed by atoms with Crippen molar-refractivity contribution in [2.45, 2.75) is 32.7 Å². The minimum atomic E-state index is -0.778. The Balaban J connectivity index is 1.90. The third kappa shape index (κ3) is 2.01. The van der Waals surface area contributed by atoms with Crippen LogP contribution in [0.25, 0.3) is 0 Å². The average molecular weight is 291 g/mol. The van der Waals surface area contributed by atoms with Gasteiger partial charge in [-0.1, -0.05) is 26.0 Å². The van der Waals surface area contributed by atoms with Gasteiger partial charge in [0.15, 0.2) is 0 Å². The van der Waals surface area contributed by atoms with E-state index in [0.717, 1.165) is 6.42 Å². The van der Waals surface area contributed by atoms with Gasteiger partial charge >= 0.3 is 5.97 Å². The number of carbonyl (C=O) groups excluding carboxylic acids is 3. The first kappa shape index (κ1) is 14.3. The molecule has 0 N–H and O–H groups in total. The number of ether oxygens (including phenoxy) is 1. The molecule has 0 radical (unpaired) electrons. The highest BCUT2D eigenvalue weighted by Crippen LogP contribution is 2.53. The number of hydrogen-bond acceptors (Lipinski definition) is 4. The van der Waals surface area contributed by atoms with E-state index in [1.165, 1.54) is 12.0 Å². The van der Waals surface area contributed by atoms with Crippen molar-refractivity contribution in [2.75, 3.05) is 7.11 Å². The first-order chi connectivity index (χ1) is 9.95. The van der Waals surface area contributed by atoms with Crippen molar-refractivity contribution in [3.8, 4) is 0 Å². The zero-order chi connectivity index (χ0) is 15.3. The van der Waals surface area contributed by atoms with E-state index < -0.39 is 12.0 Å². The number of likely N-dealkylation sites (tertiary alicyclic amines) is 1. The summed E-state index contributed by atoms with van der Waals surface area (Å²) in [5, 5.41) is 0. The number of methoxy groups -OCH3 is 1. The molecule has 5 nitrogen and oxygen atoms in total. The van der Waals surface area contributed by atoms with E-state index in [1.807, 2.05) is 13.8 Å². The maximum Gasteiger partial charge on any atom is 0.329 e. The lowest BCUT2D eigenvalue weighted by molar-refractivity contribution is -0.158. The molecule has 5 atom stereocenters. The molecule has 3 rings (SSSR count). The smallest absolute Gasteiger partial charge is 0.329 e. The Morgan fingerprint density at radius 3 is 2.19 bits per heavy atom. The summed E-state index contributed by atoms with van der Waals surface area (Å²) in [4.78, 5) is 38.6. The van der Waals surface area contributed by atoms with E-state index in [4.69, 9.17) is 4.74 Å². The Labute approximate surface area is 124 Å². The molecule has 0 aromatic heterocycles. The minimum absolute atomic E-state index is 0.166. The molecule has 2 amide bonds. The van der Waals surface area contributed by atoms with Gasteiger partial charge in [0.05, 0.1) is 18.9 Å². The van der Waals surface area contributed by atoms with Gasteiger partial charge in [-0.3, -0.25) is 14.5 Å². The summed E-state index contributed by atoms with van der Waals surface area (Å²) < 4.78 is 4.81. The second kappa shape index (κ2) is 4.97. The second-order valence-corrected chi connectivity index (χ2v) is 6.71. The maximum atomic E-state index is 12.7. The first-order valence-corrected chi connectivity index (χ1v) is 7.58. The van der Waals surface area contributed by atoms with Crippen molar-refractivity contribution in [3.05, 3.63) is 12.2 Å². The molecule has 0 aromatic rings. The van der Waals surface area contributed by atoms with Crippen molar-refractivity contribution in [3.63, 3.8) is 0 Å². The van der Waals surface area contributed by atoms with Gasteiger partial charge in [-0.2, -0.15) is 0 Å². The van der Waals surface area contributed by atoms with Crippen molar-refractivity contribution in [1.29, 1.82) is 0 Å². The molecular formula is C16H21NO4. The largest absolute Gasteiger partial charge is 0.467 e. The predicted octanol–water partition coefficient (Wildman–Crippen LogP) is 1.38. The van der Waals surface area contributed by atoms with Crippen LogP contribution in [0.4, 0.5) is 0 Å².